The van der Waals surface area contributed by atoms with Crippen LogP contribution in [0.2, 0.25) is 0 Å². The minimum atomic E-state index is -0.291. The van der Waals surface area contributed by atoms with Crippen LogP contribution >= 0.6 is 0 Å². The van der Waals surface area contributed by atoms with E-state index in [0.717, 1.165) is 12.8 Å². The molecule has 1 nitrogen and oxygen atoms in total. The van der Waals surface area contributed by atoms with Crippen molar-refractivity contribution < 1.29 is 5.11 Å². The first-order chi connectivity index (χ1) is 7.40. The third kappa shape index (κ3) is 5.50. The summed E-state index contributed by atoms with van der Waals surface area (Å²) in [6, 6.07) is 0. The number of hydrogen-bond donors (Lipinski definition) is 1. The minimum absolute atomic E-state index is 0.291. The Hall–Kier alpha value is -0.560. The molecule has 16 heavy (non-hydrogen) atoms. The zero-order chi connectivity index (χ0) is 12.7. The van der Waals surface area contributed by atoms with Crippen LogP contribution in [0.25, 0.3) is 0 Å². The lowest BCUT2D eigenvalue weighted by atomic mass is 9.93. The standard InChI is InChI=1S/C15H28O/c1-7-8-9-14(15(16)12(4)5)10-13(6)11(2)3/h10,12,15-16H,7-9H2,1-6H3/b14-10-. The molecule has 1 unspecified atom stereocenters. The topological polar surface area (TPSA) is 20.2 Å². The summed E-state index contributed by atoms with van der Waals surface area (Å²) >= 11 is 0. The molecular formula is C15H28O. The first kappa shape index (κ1) is 15.4. The first-order valence-electron chi connectivity index (χ1n) is 6.42. The normalized spacial score (nSPS) is 14.1. The predicted octanol–water partition coefficient (Wildman–Crippen LogP) is 4.48. The van der Waals surface area contributed by atoms with Crippen molar-refractivity contribution in [3.8, 4) is 0 Å². The molecule has 1 heteroatoms. The fourth-order valence-corrected chi connectivity index (χ4v) is 1.54. The van der Waals surface area contributed by atoms with E-state index in [1.54, 1.807) is 0 Å². The van der Waals surface area contributed by atoms with Gasteiger partial charge in [0.05, 0.1) is 6.10 Å². The molecule has 94 valence electrons. The van der Waals surface area contributed by atoms with E-state index in [-0.39, 0.29) is 6.10 Å². The lowest BCUT2D eigenvalue weighted by Crippen LogP contribution is -2.18. The third-order valence-electron chi connectivity index (χ3n) is 3.02. The molecule has 0 aliphatic rings. The highest BCUT2D eigenvalue weighted by Gasteiger charge is 2.14. The molecule has 0 aliphatic heterocycles. The van der Waals surface area contributed by atoms with Gasteiger partial charge >= 0.3 is 0 Å². The molecule has 0 bridgehead atoms. The van der Waals surface area contributed by atoms with E-state index < -0.39 is 0 Å². The average Bonchev–Trinajstić information content (AvgIpc) is 2.22. The highest BCUT2D eigenvalue weighted by atomic mass is 16.3. The monoisotopic (exact) mass is 224 g/mol. The summed E-state index contributed by atoms with van der Waals surface area (Å²) in [6.45, 7) is 12.7. The molecule has 0 rings (SSSR count). The molecule has 0 radical (unpaired) electrons. The minimum Gasteiger partial charge on any atom is -0.388 e. The summed E-state index contributed by atoms with van der Waals surface area (Å²) in [5.41, 5.74) is 3.80. The SMILES string of the molecule is CCCC/C(=C/C(C)=C(C)C)C(O)C(C)C. The van der Waals surface area contributed by atoms with Crippen LogP contribution in [0.15, 0.2) is 22.8 Å². The molecule has 1 atom stereocenters. The number of aliphatic hydroxyl groups excluding tert-OH is 1. The maximum Gasteiger partial charge on any atom is 0.0776 e. The molecule has 0 aliphatic carbocycles. The third-order valence-corrected chi connectivity index (χ3v) is 3.02. The van der Waals surface area contributed by atoms with E-state index in [0.29, 0.717) is 5.92 Å². The predicted molar refractivity (Wildman–Crippen MR) is 72.5 cm³/mol. The second-order valence-electron chi connectivity index (χ2n) is 5.19. The fourth-order valence-electron chi connectivity index (χ4n) is 1.54. The van der Waals surface area contributed by atoms with Gasteiger partial charge in [0, 0.05) is 0 Å². The van der Waals surface area contributed by atoms with E-state index in [9.17, 15) is 5.11 Å². The molecule has 0 amide bonds. The summed E-state index contributed by atoms with van der Waals surface area (Å²) in [7, 11) is 0. The lowest BCUT2D eigenvalue weighted by molar-refractivity contribution is 0.156. The van der Waals surface area contributed by atoms with Crippen LogP contribution < -0.4 is 0 Å². The number of rotatable bonds is 6. The van der Waals surface area contributed by atoms with E-state index in [1.165, 1.54) is 23.1 Å². The average molecular weight is 224 g/mol. The van der Waals surface area contributed by atoms with Gasteiger partial charge in [-0.05, 0) is 45.1 Å². The number of unbranched alkanes of at least 4 members (excludes halogenated alkanes) is 1. The van der Waals surface area contributed by atoms with Gasteiger partial charge in [-0.2, -0.15) is 0 Å². The maximum absolute atomic E-state index is 10.2. The number of hydrogen-bond acceptors (Lipinski definition) is 1. The molecule has 0 heterocycles. The summed E-state index contributed by atoms with van der Waals surface area (Å²) in [5.74, 6) is 0.299. The van der Waals surface area contributed by atoms with Crippen LogP contribution in [0.4, 0.5) is 0 Å². The molecule has 0 aromatic heterocycles. The number of aliphatic hydroxyl groups is 1. The summed E-state index contributed by atoms with van der Waals surface area (Å²) in [5, 5.41) is 10.2. The van der Waals surface area contributed by atoms with Crippen molar-refractivity contribution in [2.24, 2.45) is 5.92 Å². The summed E-state index contributed by atoms with van der Waals surface area (Å²) in [4.78, 5) is 0. The Bertz CT molecular complexity index is 255. The van der Waals surface area contributed by atoms with Gasteiger partial charge in [-0.25, -0.2) is 0 Å². The quantitative estimate of drug-likeness (QED) is 0.660. The van der Waals surface area contributed by atoms with Gasteiger partial charge in [0.2, 0.25) is 0 Å². The first-order valence-corrected chi connectivity index (χ1v) is 6.42. The van der Waals surface area contributed by atoms with E-state index in [4.69, 9.17) is 0 Å². The molecule has 0 aromatic rings. The van der Waals surface area contributed by atoms with Gasteiger partial charge < -0.3 is 5.11 Å². The Morgan fingerprint density at radius 2 is 1.75 bits per heavy atom. The Labute approximate surface area is 101 Å². The molecule has 0 saturated carbocycles. The molecule has 0 aromatic carbocycles. The van der Waals surface area contributed by atoms with Crippen LogP contribution in [0.3, 0.4) is 0 Å². The van der Waals surface area contributed by atoms with Crippen molar-refractivity contribution in [3.05, 3.63) is 22.8 Å². The van der Waals surface area contributed by atoms with E-state index in [1.807, 2.05) is 0 Å². The molecular weight excluding hydrogens is 196 g/mol. The Balaban J connectivity index is 4.86. The second kappa shape index (κ2) is 7.67. The highest BCUT2D eigenvalue weighted by molar-refractivity contribution is 5.27. The molecule has 0 saturated heterocycles. The van der Waals surface area contributed by atoms with Crippen LogP contribution in [0.5, 0.6) is 0 Å². The lowest BCUT2D eigenvalue weighted by Gasteiger charge is -2.19. The Morgan fingerprint density at radius 3 is 2.12 bits per heavy atom. The summed E-state index contributed by atoms with van der Waals surface area (Å²) < 4.78 is 0. The van der Waals surface area contributed by atoms with Crippen molar-refractivity contribution in [3.63, 3.8) is 0 Å². The Morgan fingerprint density at radius 1 is 1.19 bits per heavy atom. The van der Waals surface area contributed by atoms with Gasteiger partial charge in [-0.15, -0.1) is 0 Å². The van der Waals surface area contributed by atoms with Crippen LogP contribution in [-0.4, -0.2) is 11.2 Å². The zero-order valence-corrected chi connectivity index (χ0v) is 11.8. The van der Waals surface area contributed by atoms with Crippen LogP contribution in [-0.2, 0) is 0 Å². The largest absolute Gasteiger partial charge is 0.388 e. The zero-order valence-electron chi connectivity index (χ0n) is 11.8. The van der Waals surface area contributed by atoms with Crippen LogP contribution in [0.1, 0.15) is 60.8 Å². The van der Waals surface area contributed by atoms with Gasteiger partial charge in [0.1, 0.15) is 0 Å². The van der Waals surface area contributed by atoms with Crippen molar-refractivity contribution >= 4 is 0 Å². The van der Waals surface area contributed by atoms with Gasteiger partial charge in [-0.3, -0.25) is 0 Å². The van der Waals surface area contributed by atoms with Crippen molar-refractivity contribution in [2.45, 2.75) is 66.9 Å². The van der Waals surface area contributed by atoms with Gasteiger partial charge in [0.15, 0.2) is 0 Å². The number of allylic oxidation sites excluding steroid dienone is 3. The van der Waals surface area contributed by atoms with Crippen molar-refractivity contribution in [2.75, 3.05) is 0 Å². The fraction of sp³-hybridized carbons (Fsp3) is 0.733. The highest BCUT2D eigenvalue weighted by Crippen LogP contribution is 2.20. The van der Waals surface area contributed by atoms with Gasteiger partial charge in [-0.1, -0.05) is 44.4 Å². The summed E-state index contributed by atoms with van der Waals surface area (Å²) in [6.07, 6.45) is 5.23. The molecule has 1 N–H and O–H groups in total. The van der Waals surface area contributed by atoms with Crippen LogP contribution in [0, 0.1) is 5.92 Å². The van der Waals surface area contributed by atoms with E-state index >= 15 is 0 Å². The molecule has 0 fully saturated rings. The smallest absolute Gasteiger partial charge is 0.0776 e. The Kier molecular flexibility index (Phi) is 7.40. The maximum atomic E-state index is 10.2. The van der Waals surface area contributed by atoms with Crippen molar-refractivity contribution in [1.82, 2.24) is 0 Å². The van der Waals surface area contributed by atoms with E-state index in [2.05, 4.69) is 47.6 Å². The molecule has 0 spiro atoms. The van der Waals surface area contributed by atoms with Crippen molar-refractivity contribution in [1.29, 1.82) is 0 Å². The van der Waals surface area contributed by atoms with Gasteiger partial charge in [0.25, 0.3) is 0 Å². The second-order valence-corrected chi connectivity index (χ2v) is 5.19.